The molecule has 1 aromatic heterocycles. The van der Waals surface area contributed by atoms with Crippen molar-refractivity contribution in [3.8, 4) is 0 Å². The van der Waals surface area contributed by atoms with E-state index in [4.69, 9.17) is 0 Å². The van der Waals surface area contributed by atoms with Crippen LogP contribution in [0.3, 0.4) is 0 Å². The number of halogens is 2. The van der Waals surface area contributed by atoms with Crippen LogP contribution in [-0.4, -0.2) is 4.98 Å². The minimum absolute atomic E-state index is 0. The summed E-state index contributed by atoms with van der Waals surface area (Å²) in [5.41, 5.74) is 4.35. The van der Waals surface area contributed by atoms with Gasteiger partial charge in [0.1, 0.15) is 0 Å². The van der Waals surface area contributed by atoms with Crippen molar-refractivity contribution in [1.29, 1.82) is 0 Å². The molecule has 1 aliphatic carbocycles. The van der Waals surface area contributed by atoms with E-state index in [-0.39, 0.29) is 24.8 Å². The minimum Gasteiger partial charge on any atom is -1.00 e. The fraction of sp³-hybridized carbons (Fsp3) is 0.158. The van der Waals surface area contributed by atoms with Gasteiger partial charge in [0.05, 0.1) is 0 Å². The van der Waals surface area contributed by atoms with Gasteiger partial charge in [-0.2, -0.15) is 0 Å². The molecule has 1 saturated heterocycles. The molecule has 0 saturated carbocycles. The summed E-state index contributed by atoms with van der Waals surface area (Å²) in [6.45, 7) is 0. The molecule has 1 nitrogen and oxygen atoms in total. The summed E-state index contributed by atoms with van der Waals surface area (Å²) in [6, 6.07) is 17.8. The Morgan fingerprint density at radius 1 is 0.913 bits per heavy atom. The van der Waals surface area contributed by atoms with Crippen molar-refractivity contribution < 1.29 is 45.1 Å². The Balaban J connectivity index is 0.000000781. The topological polar surface area (TPSA) is 15.8 Å². The molecule has 0 bridgehead atoms. The molecular weight excluding hydrogens is 404 g/mol. The number of fused-ring (bicyclic) bond motifs is 2. The van der Waals surface area contributed by atoms with E-state index in [1.807, 2.05) is 0 Å². The van der Waals surface area contributed by atoms with E-state index in [0.717, 1.165) is 3.63 Å². The summed E-state index contributed by atoms with van der Waals surface area (Å²) in [6.07, 6.45) is 7.20. The van der Waals surface area contributed by atoms with Gasteiger partial charge in [-0.05, 0) is 0 Å². The standard InChI is InChI=1S/C9H7.C8H6N.C2H4.2ClH.Zr/c1-2-5-9-7-3-6-8(9)4-1;1-2-4-8-7(3-1)5-6-9-8;1-2;;;/h1-7H;1-4,6,9H;1-2H2;2*1H;/q;;;;;+2/p-2. The first kappa shape index (κ1) is 17.0. The molecule has 116 valence electrons. The maximum atomic E-state index is 3.51. The van der Waals surface area contributed by atoms with Crippen molar-refractivity contribution in [2.24, 2.45) is 0 Å². The third kappa shape index (κ3) is 2.47. The number of hydrogen-bond acceptors (Lipinski definition) is 0. The molecule has 5 rings (SSSR count). The molecule has 2 aliphatic rings. The van der Waals surface area contributed by atoms with E-state index < -0.39 is 20.3 Å². The number of para-hydroxylation sites is 1. The number of rotatable bonds is 2. The van der Waals surface area contributed by atoms with Crippen LogP contribution in [0.5, 0.6) is 0 Å². The molecule has 0 amide bonds. The minimum atomic E-state index is -2.24. The van der Waals surface area contributed by atoms with E-state index in [9.17, 15) is 0 Å². The van der Waals surface area contributed by atoms with E-state index in [1.54, 1.807) is 8.83 Å². The summed E-state index contributed by atoms with van der Waals surface area (Å²) in [4.78, 5) is 3.51. The first-order valence-electron chi connectivity index (χ1n) is 7.72. The van der Waals surface area contributed by atoms with Crippen LogP contribution < -0.4 is 28.1 Å². The summed E-state index contributed by atoms with van der Waals surface area (Å²) in [5.74, 6) is 0. The van der Waals surface area contributed by atoms with Crippen LogP contribution >= 0.6 is 0 Å². The van der Waals surface area contributed by atoms with Crippen molar-refractivity contribution in [3.63, 3.8) is 0 Å². The maximum Gasteiger partial charge on any atom is -1.00 e. The van der Waals surface area contributed by atoms with Gasteiger partial charge in [0, 0.05) is 0 Å². The zero-order valence-corrected chi connectivity index (χ0v) is 16.6. The fourth-order valence-corrected chi connectivity index (χ4v) is 18.3. The van der Waals surface area contributed by atoms with E-state index >= 15 is 0 Å². The van der Waals surface area contributed by atoms with Crippen molar-refractivity contribution >= 4 is 20.3 Å². The first-order valence-corrected chi connectivity index (χ1v) is 13.8. The van der Waals surface area contributed by atoms with Crippen molar-refractivity contribution in [3.05, 3.63) is 71.9 Å². The molecule has 3 aromatic rings. The van der Waals surface area contributed by atoms with Gasteiger partial charge < -0.3 is 24.8 Å². The average Bonchev–Trinajstić information content (AvgIpc) is 3.03. The molecule has 2 heterocycles. The Bertz CT molecular complexity index is 880. The average molecular weight is 421 g/mol. The maximum absolute atomic E-state index is 3.51. The van der Waals surface area contributed by atoms with Gasteiger partial charge in [-0.1, -0.05) is 0 Å². The molecule has 4 heteroatoms. The van der Waals surface area contributed by atoms with Gasteiger partial charge in [0.2, 0.25) is 0 Å². The third-order valence-electron chi connectivity index (χ3n) is 5.31. The molecular formula is C19H17Cl2NZr. The largest absolute Gasteiger partial charge is 1.00 e. The summed E-state index contributed by atoms with van der Waals surface area (Å²) < 4.78 is 5.46. The monoisotopic (exact) mass is 419 g/mol. The van der Waals surface area contributed by atoms with Crippen LogP contribution in [0.25, 0.3) is 17.0 Å². The van der Waals surface area contributed by atoms with Gasteiger partial charge in [-0.3, -0.25) is 0 Å². The number of aromatic nitrogens is 1. The Hall–Kier alpha value is -0.817. The quantitative estimate of drug-likeness (QED) is 0.523. The molecule has 2 aromatic carbocycles. The molecule has 1 atom stereocenters. The van der Waals surface area contributed by atoms with Crippen LogP contribution in [0.1, 0.15) is 14.8 Å². The molecule has 1 fully saturated rings. The number of aromatic amines is 1. The molecule has 1 aliphatic heterocycles. The summed E-state index contributed by atoms with van der Waals surface area (Å²) >= 11 is -2.24. The number of allylic oxidation sites excluding steroid dienone is 1. The van der Waals surface area contributed by atoms with E-state index in [0.29, 0.717) is 0 Å². The smallest absolute Gasteiger partial charge is 1.00 e. The molecule has 23 heavy (non-hydrogen) atoms. The molecule has 1 N–H and O–H groups in total. The molecule has 0 radical (unpaired) electrons. The van der Waals surface area contributed by atoms with E-state index in [1.165, 1.54) is 24.7 Å². The SMILES string of the molecule is C1=C[CH]([Zr+2]2([c]3c[nH]c4ccccc34)[CH2][CH2]2)c2ccccc21.[Cl-].[Cl-]. The van der Waals surface area contributed by atoms with Gasteiger partial charge in [-0.15, -0.1) is 0 Å². The summed E-state index contributed by atoms with van der Waals surface area (Å²) in [7, 11) is 0. The second-order valence-corrected chi connectivity index (χ2v) is 17.4. The number of benzene rings is 2. The third-order valence-corrected chi connectivity index (χ3v) is 17.0. The van der Waals surface area contributed by atoms with Gasteiger partial charge in [-0.25, -0.2) is 0 Å². The van der Waals surface area contributed by atoms with Crippen molar-refractivity contribution in [2.75, 3.05) is 0 Å². The van der Waals surface area contributed by atoms with Crippen molar-refractivity contribution in [1.82, 2.24) is 4.98 Å². The Morgan fingerprint density at radius 2 is 1.65 bits per heavy atom. The predicted octanol–water partition coefficient (Wildman–Crippen LogP) is -1.43. The van der Waals surface area contributed by atoms with Crippen molar-refractivity contribution in [2.45, 2.75) is 11.9 Å². The van der Waals surface area contributed by atoms with Crippen LogP contribution in [0.4, 0.5) is 0 Å². The second kappa shape index (κ2) is 6.24. The predicted molar refractivity (Wildman–Crippen MR) is 85.8 cm³/mol. The normalized spacial score (nSPS) is 18.3. The zero-order valence-electron chi connectivity index (χ0n) is 12.6. The number of nitrogens with one attached hydrogen (secondary N) is 1. The van der Waals surface area contributed by atoms with Gasteiger partial charge in [0.15, 0.2) is 0 Å². The van der Waals surface area contributed by atoms with Crippen LogP contribution in [0, 0.1) is 0 Å². The molecule has 0 spiro atoms. The van der Waals surface area contributed by atoms with E-state index in [2.05, 4.69) is 71.9 Å². The summed E-state index contributed by atoms with van der Waals surface area (Å²) in [5, 5.41) is 1.49. The van der Waals surface area contributed by atoms with Crippen LogP contribution in [-0.2, 0) is 20.3 Å². The number of hydrogen-bond donors (Lipinski definition) is 1. The zero-order chi connectivity index (χ0) is 13.9. The van der Waals surface area contributed by atoms with Gasteiger partial charge >= 0.3 is 129 Å². The van der Waals surface area contributed by atoms with Crippen LogP contribution in [0.2, 0.25) is 8.26 Å². The second-order valence-electron chi connectivity index (χ2n) is 6.37. The fourth-order valence-electron chi connectivity index (χ4n) is 4.10. The van der Waals surface area contributed by atoms with Crippen LogP contribution in [0.15, 0.2) is 60.8 Å². The molecule has 1 unspecified atom stereocenters. The van der Waals surface area contributed by atoms with Gasteiger partial charge in [0.25, 0.3) is 0 Å². The Morgan fingerprint density at radius 3 is 2.48 bits per heavy atom. The first-order chi connectivity index (χ1) is 10.4. The Labute approximate surface area is 153 Å². The Kier molecular flexibility index (Phi) is 4.62. The number of H-pyrrole nitrogens is 1.